The largest absolute Gasteiger partial charge is 0.497 e. The fourth-order valence-electron chi connectivity index (χ4n) is 1.73. The maximum absolute atomic E-state index is 11.6. The predicted molar refractivity (Wildman–Crippen MR) is 85.9 cm³/mol. The molecule has 0 radical (unpaired) electrons. The molecule has 0 saturated carbocycles. The number of nitrogens with two attached hydrogens (primary N) is 1. The summed E-state index contributed by atoms with van der Waals surface area (Å²) in [5.74, 6) is 0.851. The van der Waals surface area contributed by atoms with E-state index in [0.717, 1.165) is 11.8 Å². The molecule has 0 aliphatic rings. The van der Waals surface area contributed by atoms with Crippen LogP contribution in [0.3, 0.4) is 0 Å². The molecule has 1 heterocycles. The number of amides is 3. The molecule has 1 aromatic carbocycles. The third-order valence-corrected chi connectivity index (χ3v) is 3.83. The molecule has 3 N–H and O–H groups in total. The fraction of sp³-hybridized carbons (Fsp3) is 0.286. The minimum absolute atomic E-state index is 0.180. The summed E-state index contributed by atoms with van der Waals surface area (Å²) in [6.07, 6.45) is 0. The van der Waals surface area contributed by atoms with Crippen LogP contribution in [0.15, 0.2) is 27.8 Å². The van der Waals surface area contributed by atoms with Crippen molar-refractivity contribution in [3.63, 3.8) is 0 Å². The molecule has 0 bridgehead atoms. The molecule has 0 fully saturated rings. The monoisotopic (exact) mass is 352 g/mol. The summed E-state index contributed by atoms with van der Waals surface area (Å²) in [4.78, 5) is 22.3. The number of nitrogens with zero attached hydrogens (tertiary/aromatic N) is 2. The van der Waals surface area contributed by atoms with Crippen LogP contribution in [0.2, 0.25) is 0 Å². The van der Waals surface area contributed by atoms with Gasteiger partial charge < -0.3 is 19.6 Å². The summed E-state index contributed by atoms with van der Waals surface area (Å²) in [5, 5.41) is 9.35. The van der Waals surface area contributed by atoms with Crippen molar-refractivity contribution < 1.29 is 23.5 Å². The lowest BCUT2D eigenvalue weighted by Crippen LogP contribution is -2.39. The molecule has 0 aliphatic heterocycles. The van der Waals surface area contributed by atoms with Crippen molar-refractivity contribution in [3.05, 3.63) is 18.2 Å². The number of thioether (sulfide) groups is 1. The van der Waals surface area contributed by atoms with E-state index in [1.807, 2.05) is 5.32 Å². The third-order valence-electron chi connectivity index (χ3n) is 2.90. The van der Waals surface area contributed by atoms with Gasteiger partial charge in [0.15, 0.2) is 0 Å². The zero-order valence-electron chi connectivity index (χ0n) is 13.2. The number of rotatable bonds is 6. The summed E-state index contributed by atoms with van der Waals surface area (Å²) in [6, 6.07) is 4.23. The highest BCUT2D eigenvalue weighted by Crippen LogP contribution is 2.31. The molecular formula is C14H16N4O5S. The average molecular weight is 352 g/mol. The van der Waals surface area contributed by atoms with Gasteiger partial charge in [-0.25, -0.2) is 4.79 Å². The Kier molecular flexibility index (Phi) is 5.64. The first-order chi connectivity index (χ1) is 11.4. The molecule has 3 amide bonds. The molecule has 1 atom stereocenters. The van der Waals surface area contributed by atoms with Crippen LogP contribution in [0.5, 0.6) is 11.5 Å². The van der Waals surface area contributed by atoms with Crippen LogP contribution in [0, 0.1) is 0 Å². The van der Waals surface area contributed by atoms with E-state index in [4.69, 9.17) is 19.6 Å². The summed E-state index contributed by atoms with van der Waals surface area (Å²) < 4.78 is 15.9. The van der Waals surface area contributed by atoms with Crippen LogP contribution in [0.1, 0.15) is 6.92 Å². The van der Waals surface area contributed by atoms with Gasteiger partial charge in [-0.3, -0.25) is 10.1 Å². The molecular weight excluding hydrogens is 336 g/mol. The first kappa shape index (κ1) is 17.6. The molecule has 0 saturated heterocycles. The summed E-state index contributed by atoms with van der Waals surface area (Å²) in [7, 11) is 3.07. The van der Waals surface area contributed by atoms with Crippen molar-refractivity contribution in [3.8, 4) is 23.0 Å². The van der Waals surface area contributed by atoms with Gasteiger partial charge in [0.25, 0.3) is 5.22 Å². The quantitative estimate of drug-likeness (QED) is 0.747. The lowest BCUT2D eigenvalue weighted by Gasteiger charge is -2.07. The van der Waals surface area contributed by atoms with Crippen LogP contribution >= 0.6 is 11.8 Å². The number of carbonyl (C=O) groups is 2. The summed E-state index contributed by atoms with van der Waals surface area (Å²) >= 11 is 1.01. The first-order valence-corrected chi connectivity index (χ1v) is 7.64. The second-order valence-electron chi connectivity index (χ2n) is 4.59. The highest BCUT2D eigenvalue weighted by molar-refractivity contribution is 8.00. The Morgan fingerprint density at radius 3 is 2.38 bits per heavy atom. The molecule has 0 spiro atoms. The van der Waals surface area contributed by atoms with Crippen molar-refractivity contribution in [1.29, 1.82) is 0 Å². The highest BCUT2D eigenvalue weighted by Gasteiger charge is 2.20. The Morgan fingerprint density at radius 1 is 1.21 bits per heavy atom. The van der Waals surface area contributed by atoms with Crippen molar-refractivity contribution >= 4 is 23.7 Å². The normalized spacial score (nSPS) is 11.6. The number of hydrogen-bond acceptors (Lipinski definition) is 8. The maximum Gasteiger partial charge on any atom is 0.318 e. The fourth-order valence-corrected chi connectivity index (χ4v) is 2.42. The number of aromatic nitrogens is 2. The molecule has 2 aromatic rings. The number of benzene rings is 1. The lowest BCUT2D eigenvalue weighted by atomic mass is 10.2. The minimum Gasteiger partial charge on any atom is -0.497 e. The van der Waals surface area contributed by atoms with Crippen LogP contribution in [-0.2, 0) is 4.79 Å². The zero-order valence-corrected chi connectivity index (χ0v) is 14.0. The van der Waals surface area contributed by atoms with Gasteiger partial charge in [0.2, 0.25) is 11.8 Å². The SMILES string of the molecule is COc1cc(OC)cc(-c2nnc(S[C@@H](C)C(=O)NC(N)=O)o2)c1. The van der Waals surface area contributed by atoms with E-state index in [0.29, 0.717) is 17.1 Å². The Morgan fingerprint density at radius 2 is 1.83 bits per heavy atom. The van der Waals surface area contributed by atoms with Gasteiger partial charge in [-0.2, -0.15) is 0 Å². The van der Waals surface area contributed by atoms with E-state index in [1.165, 1.54) is 14.2 Å². The Balaban J connectivity index is 2.16. The molecule has 10 heteroatoms. The predicted octanol–water partition coefficient (Wildman–Crippen LogP) is 1.43. The van der Waals surface area contributed by atoms with Crippen LogP contribution < -0.4 is 20.5 Å². The van der Waals surface area contributed by atoms with Crippen molar-refractivity contribution in [2.24, 2.45) is 5.73 Å². The second kappa shape index (κ2) is 7.68. The molecule has 24 heavy (non-hydrogen) atoms. The standard InChI is InChI=1S/C14H16N4O5S/c1-7(11(19)16-13(15)20)24-14-18-17-12(23-14)8-4-9(21-2)6-10(5-8)22-3/h4-7H,1-3H3,(H3,15,16,19,20)/t7-/m0/s1. The first-order valence-electron chi connectivity index (χ1n) is 6.77. The van der Waals surface area contributed by atoms with E-state index in [1.54, 1.807) is 25.1 Å². The smallest absolute Gasteiger partial charge is 0.318 e. The van der Waals surface area contributed by atoms with Crippen molar-refractivity contribution in [2.75, 3.05) is 14.2 Å². The minimum atomic E-state index is -0.915. The van der Waals surface area contributed by atoms with E-state index in [9.17, 15) is 9.59 Å². The van der Waals surface area contributed by atoms with Crippen molar-refractivity contribution in [2.45, 2.75) is 17.4 Å². The molecule has 9 nitrogen and oxygen atoms in total. The van der Waals surface area contributed by atoms with Gasteiger partial charge in [-0.15, -0.1) is 10.2 Å². The summed E-state index contributed by atoms with van der Waals surface area (Å²) in [6.45, 7) is 1.58. The molecule has 128 valence electrons. The number of ether oxygens (including phenoxy) is 2. The van der Waals surface area contributed by atoms with E-state index in [-0.39, 0.29) is 11.1 Å². The lowest BCUT2D eigenvalue weighted by molar-refractivity contribution is -0.119. The van der Waals surface area contributed by atoms with Gasteiger partial charge in [-0.1, -0.05) is 11.8 Å². The number of primary amides is 1. The number of methoxy groups -OCH3 is 2. The van der Waals surface area contributed by atoms with Gasteiger partial charge in [0.1, 0.15) is 11.5 Å². The second-order valence-corrected chi connectivity index (χ2v) is 5.88. The maximum atomic E-state index is 11.6. The number of imide groups is 1. The number of hydrogen-bond donors (Lipinski definition) is 2. The average Bonchev–Trinajstić information content (AvgIpc) is 3.02. The zero-order chi connectivity index (χ0) is 17.7. The van der Waals surface area contributed by atoms with E-state index >= 15 is 0 Å². The summed E-state index contributed by atoms with van der Waals surface area (Å²) in [5.41, 5.74) is 5.51. The van der Waals surface area contributed by atoms with Gasteiger partial charge in [0.05, 0.1) is 19.5 Å². The third kappa shape index (κ3) is 4.38. The Hall–Kier alpha value is -2.75. The highest BCUT2D eigenvalue weighted by atomic mass is 32.2. The molecule has 1 aromatic heterocycles. The number of carbonyl (C=O) groups excluding carboxylic acids is 2. The Bertz CT molecular complexity index is 726. The van der Waals surface area contributed by atoms with Gasteiger partial charge in [-0.05, 0) is 19.1 Å². The molecule has 0 unspecified atom stereocenters. The van der Waals surface area contributed by atoms with E-state index in [2.05, 4.69) is 10.2 Å². The molecule has 0 aliphatic carbocycles. The van der Waals surface area contributed by atoms with Crippen LogP contribution in [-0.4, -0.2) is 41.6 Å². The van der Waals surface area contributed by atoms with Crippen LogP contribution in [0.4, 0.5) is 4.79 Å². The van der Waals surface area contributed by atoms with Crippen LogP contribution in [0.25, 0.3) is 11.5 Å². The number of nitrogens with one attached hydrogen (secondary N) is 1. The van der Waals surface area contributed by atoms with Gasteiger partial charge >= 0.3 is 6.03 Å². The van der Waals surface area contributed by atoms with E-state index < -0.39 is 17.2 Å². The van der Waals surface area contributed by atoms with Gasteiger partial charge in [0, 0.05) is 11.6 Å². The Labute approximate surface area is 141 Å². The molecule has 2 rings (SSSR count). The van der Waals surface area contributed by atoms with Crippen molar-refractivity contribution in [1.82, 2.24) is 15.5 Å². The topological polar surface area (TPSA) is 130 Å². The number of urea groups is 1.